The summed E-state index contributed by atoms with van der Waals surface area (Å²) in [7, 11) is 0. The molecule has 11 heteroatoms. The number of hydrogen-bond acceptors (Lipinski definition) is 3. The van der Waals surface area contributed by atoms with Crippen molar-refractivity contribution < 1.29 is 31.1 Å². The number of nitrogens with one attached hydrogen (secondary N) is 1. The molecule has 0 aliphatic carbocycles. The third-order valence-corrected chi connectivity index (χ3v) is 4.25. The summed E-state index contributed by atoms with van der Waals surface area (Å²) in [6, 6.07) is 6.50. The Kier molecular flexibility index (Phi) is 5.55. The maximum atomic E-state index is 12.8. The second-order valence-electron chi connectivity index (χ2n) is 6.34. The first-order valence-corrected chi connectivity index (χ1v) is 8.49. The molecule has 1 N–H and O–H groups in total. The second-order valence-corrected chi connectivity index (χ2v) is 6.34. The molecule has 0 aliphatic heterocycles. The zero-order chi connectivity index (χ0) is 22.1. The van der Waals surface area contributed by atoms with Gasteiger partial charge in [0.25, 0.3) is 5.91 Å². The van der Waals surface area contributed by atoms with Crippen molar-refractivity contribution in [1.29, 1.82) is 0 Å². The van der Waals surface area contributed by atoms with Gasteiger partial charge in [-0.05, 0) is 36.8 Å². The first-order valence-electron chi connectivity index (χ1n) is 8.49. The number of halogens is 6. The Hall–Kier alpha value is -3.37. The van der Waals surface area contributed by atoms with Crippen LogP contribution < -0.4 is 5.32 Å². The van der Waals surface area contributed by atoms with Crippen LogP contribution in [0.5, 0.6) is 0 Å². The standard InChI is InChI=1S/C19H14F6N4O/c1-11-15(10-28-29(11)16-6-5-14(9-26-16)19(23,24)25)17(30)27-8-12-3-2-4-13(7-12)18(20,21)22/h2-7,9-10H,8H2,1H3,(H,27,30). The molecule has 0 radical (unpaired) electrons. The van der Waals surface area contributed by atoms with Crippen molar-refractivity contribution in [3.63, 3.8) is 0 Å². The molecule has 0 saturated heterocycles. The van der Waals surface area contributed by atoms with Crippen molar-refractivity contribution in [3.8, 4) is 5.82 Å². The Balaban J connectivity index is 1.73. The van der Waals surface area contributed by atoms with Crippen LogP contribution in [0.2, 0.25) is 0 Å². The molecular weight excluding hydrogens is 414 g/mol. The minimum atomic E-state index is -4.53. The third-order valence-electron chi connectivity index (χ3n) is 4.25. The molecule has 0 atom stereocenters. The van der Waals surface area contributed by atoms with Gasteiger partial charge in [-0.3, -0.25) is 4.79 Å². The third kappa shape index (κ3) is 4.61. The lowest BCUT2D eigenvalue weighted by Gasteiger charge is -2.10. The van der Waals surface area contributed by atoms with E-state index in [1.165, 1.54) is 29.9 Å². The van der Waals surface area contributed by atoms with Crippen LogP contribution in [0.3, 0.4) is 0 Å². The Labute approximate surface area is 166 Å². The van der Waals surface area contributed by atoms with Crippen molar-refractivity contribution in [2.45, 2.75) is 25.8 Å². The molecule has 0 fully saturated rings. The van der Waals surface area contributed by atoms with Gasteiger partial charge in [0.15, 0.2) is 5.82 Å². The maximum absolute atomic E-state index is 12.8. The van der Waals surface area contributed by atoms with Crippen LogP contribution in [0, 0.1) is 6.92 Å². The van der Waals surface area contributed by atoms with E-state index in [1.807, 2.05) is 0 Å². The molecule has 2 aromatic heterocycles. The monoisotopic (exact) mass is 428 g/mol. The maximum Gasteiger partial charge on any atom is 0.417 e. The van der Waals surface area contributed by atoms with Gasteiger partial charge in [0, 0.05) is 12.7 Å². The van der Waals surface area contributed by atoms with Crippen molar-refractivity contribution in [2.75, 3.05) is 0 Å². The Morgan fingerprint density at radius 2 is 1.70 bits per heavy atom. The highest BCUT2D eigenvalue weighted by atomic mass is 19.4. The number of hydrogen-bond donors (Lipinski definition) is 1. The van der Waals surface area contributed by atoms with Gasteiger partial charge < -0.3 is 5.32 Å². The lowest BCUT2D eigenvalue weighted by atomic mass is 10.1. The summed E-state index contributed by atoms with van der Waals surface area (Å²) in [6.07, 6.45) is -7.16. The summed E-state index contributed by atoms with van der Waals surface area (Å²) < 4.78 is 77.5. The van der Waals surface area contributed by atoms with Crippen LogP contribution in [-0.4, -0.2) is 20.7 Å². The highest BCUT2D eigenvalue weighted by molar-refractivity contribution is 5.95. The normalized spacial score (nSPS) is 12.1. The van der Waals surface area contributed by atoms with E-state index >= 15 is 0 Å². The van der Waals surface area contributed by atoms with Gasteiger partial charge in [0.2, 0.25) is 0 Å². The van der Waals surface area contributed by atoms with Gasteiger partial charge in [-0.1, -0.05) is 12.1 Å². The summed E-state index contributed by atoms with van der Waals surface area (Å²) in [5, 5.41) is 6.46. The molecule has 2 heterocycles. The average Bonchev–Trinajstić information content (AvgIpc) is 3.06. The van der Waals surface area contributed by atoms with E-state index in [0.29, 0.717) is 11.9 Å². The molecule has 5 nitrogen and oxygen atoms in total. The minimum absolute atomic E-state index is 0.0810. The summed E-state index contributed by atoms with van der Waals surface area (Å²) >= 11 is 0. The van der Waals surface area contributed by atoms with Gasteiger partial charge in [-0.25, -0.2) is 9.67 Å². The minimum Gasteiger partial charge on any atom is -0.348 e. The summed E-state index contributed by atoms with van der Waals surface area (Å²) in [6.45, 7) is 1.37. The Morgan fingerprint density at radius 3 is 2.30 bits per heavy atom. The summed E-state index contributed by atoms with van der Waals surface area (Å²) in [5.41, 5.74) is -1.07. The number of carbonyl (C=O) groups excluding carboxylic acids is 1. The zero-order valence-electron chi connectivity index (χ0n) is 15.3. The van der Waals surface area contributed by atoms with E-state index in [9.17, 15) is 31.1 Å². The molecule has 0 saturated carbocycles. The molecule has 0 unspecified atom stereocenters. The van der Waals surface area contributed by atoms with Crippen LogP contribution in [0.1, 0.15) is 32.7 Å². The van der Waals surface area contributed by atoms with Crippen molar-refractivity contribution >= 4 is 5.91 Å². The predicted molar refractivity (Wildman–Crippen MR) is 93.7 cm³/mol. The van der Waals surface area contributed by atoms with E-state index in [4.69, 9.17) is 0 Å². The van der Waals surface area contributed by atoms with E-state index in [0.717, 1.165) is 24.3 Å². The number of alkyl halides is 6. The van der Waals surface area contributed by atoms with Gasteiger partial charge in [-0.15, -0.1) is 0 Å². The molecular formula is C19H14F6N4O. The lowest BCUT2D eigenvalue weighted by molar-refractivity contribution is -0.138. The number of amides is 1. The molecule has 30 heavy (non-hydrogen) atoms. The fraction of sp³-hybridized carbons (Fsp3) is 0.211. The van der Waals surface area contributed by atoms with Gasteiger partial charge >= 0.3 is 12.4 Å². The van der Waals surface area contributed by atoms with Gasteiger partial charge in [0.05, 0.1) is 28.6 Å². The fourth-order valence-electron chi connectivity index (χ4n) is 2.68. The topological polar surface area (TPSA) is 59.8 Å². The molecule has 0 aliphatic rings. The van der Waals surface area contributed by atoms with Crippen molar-refractivity contribution in [2.24, 2.45) is 0 Å². The largest absolute Gasteiger partial charge is 0.417 e. The first kappa shape index (κ1) is 21.3. The van der Waals surface area contributed by atoms with E-state index in [1.54, 1.807) is 0 Å². The predicted octanol–water partition coefficient (Wildman–Crippen LogP) is 4.54. The van der Waals surface area contributed by atoms with Crippen LogP contribution >= 0.6 is 0 Å². The average molecular weight is 428 g/mol. The van der Waals surface area contributed by atoms with Gasteiger partial charge in [-0.2, -0.15) is 31.4 Å². The number of aromatic nitrogens is 3. The molecule has 1 aromatic carbocycles. The van der Waals surface area contributed by atoms with Crippen LogP contribution in [0.15, 0.2) is 48.8 Å². The molecule has 3 rings (SSSR count). The SMILES string of the molecule is Cc1c(C(=O)NCc2cccc(C(F)(F)F)c2)cnn1-c1ccc(C(F)(F)F)cn1. The quantitative estimate of drug-likeness (QED) is 0.621. The van der Waals surface area contributed by atoms with E-state index in [2.05, 4.69) is 15.4 Å². The number of benzene rings is 1. The van der Waals surface area contributed by atoms with Crippen molar-refractivity contribution in [1.82, 2.24) is 20.1 Å². The molecule has 158 valence electrons. The molecule has 0 spiro atoms. The lowest BCUT2D eigenvalue weighted by Crippen LogP contribution is -2.23. The van der Waals surface area contributed by atoms with Crippen LogP contribution in [0.4, 0.5) is 26.3 Å². The molecule has 3 aromatic rings. The fourth-order valence-corrected chi connectivity index (χ4v) is 2.68. The van der Waals surface area contributed by atoms with Gasteiger partial charge in [0.1, 0.15) is 0 Å². The number of rotatable bonds is 4. The zero-order valence-corrected chi connectivity index (χ0v) is 15.3. The number of nitrogens with zero attached hydrogens (tertiary/aromatic N) is 3. The van der Waals surface area contributed by atoms with Crippen LogP contribution in [-0.2, 0) is 18.9 Å². The number of carbonyl (C=O) groups is 1. The highest BCUT2D eigenvalue weighted by Gasteiger charge is 2.31. The smallest absolute Gasteiger partial charge is 0.348 e. The van der Waals surface area contributed by atoms with Crippen LogP contribution in [0.25, 0.3) is 5.82 Å². The Bertz CT molecular complexity index is 1050. The summed E-state index contributed by atoms with van der Waals surface area (Å²) in [5.74, 6) is -0.513. The second kappa shape index (κ2) is 7.81. The molecule has 1 amide bonds. The summed E-state index contributed by atoms with van der Waals surface area (Å²) in [4.78, 5) is 16.1. The number of pyridine rings is 1. The van der Waals surface area contributed by atoms with Crippen molar-refractivity contribution in [3.05, 3.63) is 76.7 Å². The Morgan fingerprint density at radius 1 is 1.00 bits per heavy atom. The van der Waals surface area contributed by atoms with E-state index < -0.39 is 29.4 Å². The van der Waals surface area contributed by atoms with E-state index in [-0.39, 0.29) is 23.5 Å². The molecule has 0 bridgehead atoms. The first-order chi connectivity index (χ1) is 14.0. The highest BCUT2D eigenvalue weighted by Crippen LogP contribution is 2.30.